The molecule has 5 N–H and O–H groups in total. The van der Waals surface area contributed by atoms with Gasteiger partial charge in [0.15, 0.2) is 0 Å². The summed E-state index contributed by atoms with van der Waals surface area (Å²) in [6.45, 7) is 12.8. The maximum absolute atomic E-state index is 13.0. The van der Waals surface area contributed by atoms with Gasteiger partial charge in [-0.1, -0.05) is 81.5 Å². The van der Waals surface area contributed by atoms with Gasteiger partial charge < -0.3 is 44.5 Å². The molecule has 2 aliphatic heterocycles. The molecule has 58 heavy (non-hydrogen) atoms. The first-order valence-corrected chi connectivity index (χ1v) is 20.0. The van der Waals surface area contributed by atoms with Crippen molar-refractivity contribution < 1.29 is 58.9 Å². The first-order chi connectivity index (χ1) is 27.4. The molecule has 1 fully saturated rings. The quantitative estimate of drug-likeness (QED) is 0.0524. The van der Waals surface area contributed by atoms with Gasteiger partial charge in [-0.15, -0.1) is 0 Å². The van der Waals surface area contributed by atoms with Crippen LogP contribution >= 0.6 is 0 Å². The minimum absolute atomic E-state index is 0.0188. The van der Waals surface area contributed by atoms with Crippen LogP contribution in [-0.2, 0) is 39.9 Å². The summed E-state index contributed by atoms with van der Waals surface area (Å²) in [5.41, 5.74) is -1.22. The van der Waals surface area contributed by atoms with E-state index in [1.54, 1.807) is 44.4 Å². The second-order valence-corrected chi connectivity index (χ2v) is 16.0. The van der Waals surface area contributed by atoms with E-state index in [2.05, 4.69) is 49.1 Å². The lowest BCUT2D eigenvalue weighted by atomic mass is 9.85. The van der Waals surface area contributed by atoms with Crippen molar-refractivity contribution in [1.82, 2.24) is 4.90 Å². The lowest BCUT2D eigenvalue weighted by Crippen LogP contribution is -2.54. The summed E-state index contributed by atoms with van der Waals surface area (Å²) in [5, 5.41) is 53.5. The van der Waals surface area contributed by atoms with Gasteiger partial charge in [0.05, 0.1) is 43.0 Å². The number of cyclic esters (lactones) is 1. The van der Waals surface area contributed by atoms with Crippen molar-refractivity contribution in [3.63, 3.8) is 0 Å². The van der Waals surface area contributed by atoms with Gasteiger partial charge in [0, 0.05) is 39.0 Å². The number of rotatable bonds is 15. The summed E-state index contributed by atoms with van der Waals surface area (Å²) < 4.78 is 23.5. The number of ether oxygens (including phenoxy) is 4. The minimum Gasteiger partial charge on any atom is -0.483 e. The minimum atomic E-state index is -1.47. The summed E-state index contributed by atoms with van der Waals surface area (Å²) in [6, 6.07) is 13.9. The first-order valence-electron chi connectivity index (χ1n) is 20.0. The van der Waals surface area contributed by atoms with Crippen LogP contribution in [0.5, 0.6) is 0 Å². The van der Waals surface area contributed by atoms with Crippen molar-refractivity contribution >= 4 is 29.2 Å². The molecule has 0 spiro atoms. The number of benzene rings is 2. The predicted octanol–water partition coefficient (Wildman–Crippen LogP) is 5.12. The predicted molar refractivity (Wildman–Crippen MR) is 221 cm³/mol. The van der Waals surface area contributed by atoms with Gasteiger partial charge in [0.2, 0.25) is 0 Å². The van der Waals surface area contributed by atoms with Crippen LogP contribution in [0.15, 0.2) is 78.4 Å². The van der Waals surface area contributed by atoms with E-state index in [0.29, 0.717) is 18.7 Å². The van der Waals surface area contributed by atoms with Crippen molar-refractivity contribution in [2.24, 2.45) is 11.8 Å². The summed E-state index contributed by atoms with van der Waals surface area (Å²) in [6.07, 6.45) is 6.00. The molecule has 11 atom stereocenters. The molecule has 2 aliphatic rings. The van der Waals surface area contributed by atoms with E-state index < -0.39 is 53.4 Å². The van der Waals surface area contributed by atoms with E-state index >= 15 is 0 Å². The van der Waals surface area contributed by atoms with Gasteiger partial charge in [-0.2, -0.15) is 0 Å². The third-order valence-electron chi connectivity index (χ3n) is 11.1. The standard InChI is InChI=1S/C44H63NO10.CH2O2/c1-9-36(52-8)30(4)40-41(55-40)42(45(23-24-46)27-32-17-18-33-14-10-11-15-34(33)25-32)44(7,51)21-12-13-28(2)39-29(3)16-19-37(53-31(5)47)43(6,50)22-20-35(48)26-38(49)54-39;2-1-3/h10-19,21,25,29-30,35-37,39-42,46,48,50-51H,9,20,22-24,26-27H2,1-8H3;1H,(H,2,3)/b19-16+,21-12+,28-13+;/t29-,30+,35+,36-,37-,39?,40+,41-,42?,43+,44?;/m0./s1. The third kappa shape index (κ3) is 13.8. The van der Waals surface area contributed by atoms with Crippen LogP contribution in [0.4, 0.5) is 0 Å². The number of hydrogen-bond donors (Lipinski definition) is 5. The Morgan fingerprint density at radius 3 is 2.43 bits per heavy atom. The number of allylic oxidation sites excluding steroid dienone is 2. The summed E-state index contributed by atoms with van der Waals surface area (Å²) in [4.78, 5) is 35.4. The van der Waals surface area contributed by atoms with Gasteiger partial charge in [0.25, 0.3) is 6.47 Å². The Morgan fingerprint density at radius 2 is 1.81 bits per heavy atom. The summed E-state index contributed by atoms with van der Waals surface area (Å²) in [5.74, 6) is -1.49. The highest BCUT2D eigenvalue weighted by Crippen LogP contribution is 2.41. The van der Waals surface area contributed by atoms with Crippen LogP contribution in [0, 0.1) is 11.8 Å². The second kappa shape index (κ2) is 22.4. The number of carbonyl (C=O) groups excluding carboxylic acids is 2. The lowest BCUT2D eigenvalue weighted by Gasteiger charge is -2.39. The maximum Gasteiger partial charge on any atom is 0.309 e. The van der Waals surface area contributed by atoms with Crippen LogP contribution < -0.4 is 0 Å². The van der Waals surface area contributed by atoms with Gasteiger partial charge >= 0.3 is 11.9 Å². The Kier molecular flexibility index (Phi) is 18.7. The molecule has 1 saturated heterocycles. The number of esters is 2. The summed E-state index contributed by atoms with van der Waals surface area (Å²) in [7, 11) is 1.70. The Labute approximate surface area is 342 Å². The molecule has 0 amide bonds. The highest BCUT2D eigenvalue weighted by molar-refractivity contribution is 5.83. The number of methoxy groups -OCH3 is 1. The fourth-order valence-corrected chi connectivity index (χ4v) is 7.92. The zero-order chi connectivity index (χ0) is 43.2. The second-order valence-electron chi connectivity index (χ2n) is 16.0. The number of carbonyl (C=O) groups is 3. The number of nitrogens with zero attached hydrogens (tertiary/aromatic N) is 1. The Bertz CT molecular complexity index is 1720. The molecule has 0 bridgehead atoms. The largest absolute Gasteiger partial charge is 0.483 e. The number of fused-ring (bicyclic) bond motifs is 1. The molecule has 2 heterocycles. The van der Waals surface area contributed by atoms with Gasteiger partial charge in [-0.05, 0) is 74.1 Å². The first kappa shape index (κ1) is 48.4. The molecule has 0 radical (unpaired) electrons. The molecule has 3 unspecified atom stereocenters. The number of hydrogen-bond acceptors (Lipinski definition) is 12. The Morgan fingerprint density at radius 1 is 1.14 bits per heavy atom. The summed E-state index contributed by atoms with van der Waals surface area (Å²) >= 11 is 0. The molecule has 2 aromatic carbocycles. The van der Waals surface area contributed by atoms with Gasteiger partial charge in [-0.3, -0.25) is 19.3 Å². The average Bonchev–Trinajstić information content (AvgIpc) is 3.94. The number of aliphatic hydroxyl groups is 4. The molecule has 2 aromatic rings. The van der Waals surface area contributed by atoms with Crippen LogP contribution in [0.1, 0.15) is 79.7 Å². The van der Waals surface area contributed by atoms with Crippen molar-refractivity contribution in [2.45, 2.75) is 135 Å². The van der Waals surface area contributed by atoms with E-state index in [4.69, 9.17) is 28.8 Å². The molecular weight excluding hydrogens is 746 g/mol. The van der Waals surface area contributed by atoms with E-state index in [9.17, 15) is 30.0 Å². The molecular formula is C45H65NO12. The fraction of sp³-hybridized carbons (Fsp3) is 0.578. The van der Waals surface area contributed by atoms with Crippen LogP contribution in [0.3, 0.4) is 0 Å². The van der Waals surface area contributed by atoms with E-state index in [0.717, 1.165) is 22.8 Å². The molecule has 13 heteroatoms. The van der Waals surface area contributed by atoms with Crippen LogP contribution in [0.2, 0.25) is 0 Å². The monoisotopic (exact) mass is 811 g/mol. The topological polar surface area (TPSA) is 196 Å². The third-order valence-corrected chi connectivity index (χ3v) is 11.1. The van der Waals surface area contributed by atoms with E-state index in [1.165, 1.54) is 13.8 Å². The maximum atomic E-state index is 13.0. The van der Waals surface area contributed by atoms with Gasteiger partial charge in [0.1, 0.15) is 23.9 Å². The average molecular weight is 812 g/mol. The highest BCUT2D eigenvalue weighted by Gasteiger charge is 2.56. The van der Waals surface area contributed by atoms with E-state index in [-0.39, 0.29) is 56.6 Å². The van der Waals surface area contributed by atoms with Gasteiger partial charge in [-0.25, -0.2) is 0 Å². The molecule has 0 saturated carbocycles. The van der Waals surface area contributed by atoms with Crippen LogP contribution in [0.25, 0.3) is 10.8 Å². The highest BCUT2D eigenvalue weighted by atomic mass is 16.6. The number of epoxide rings is 1. The molecule has 4 rings (SSSR count). The zero-order valence-corrected chi connectivity index (χ0v) is 35.2. The van der Waals surface area contributed by atoms with Crippen molar-refractivity contribution in [2.75, 3.05) is 20.3 Å². The molecule has 322 valence electrons. The Balaban J connectivity index is 0.00000291. The lowest BCUT2D eigenvalue weighted by molar-refractivity contribution is -0.157. The fourth-order valence-electron chi connectivity index (χ4n) is 7.92. The smallest absolute Gasteiger partial charge is 0.309 e. The van der Waals surface area contributed by atoms with Crippen molar-refractivity contribution in [3.05, 3.63) is 84.0 Å². The van der Waals surface area contributed by atoms with Crippen molar-refractivity contribution in [3.8, 4) is 0 Å². The molecule has 13 nitrogen and oxygen atoms in total. The van der Waals surface area contributed by atoms with Crippen molar-refractivity contribution in [1.29, 1.82) is 0 Å². The SMILES string of the molecule is CC[C@H](OC)[C@@H](C)[C@H]1O[C@@H]1C(N(CCO)Cc1ccc2ccccc2c1)C(C)(O)/C=C/C=C(\C)C1OC(=O)C[C@H](O)CC[C@@](C)(O)[C@@H](OC(C)=O)/C=C/[C@@H]1C.O=CO. The van der Waals surface area contributed by atoms with Crippen LogP contribution in [-0.4, -0.2) is 123 Å². The normalized spacial score (nSPS) is 28.8. The zero-order valence-electron chi connectivity index (χ0n) is 35.2. The molecule has 0 aromatic heterocycles. The van der Waals surface area contributed by atoms with E-state index in [1.807, 2.05) is 26.0 Å². The number of aliphatic hydroxyl groups excluding tert-OH is 2. The number of carboxylic acid groups (broad SMARTS) is 1. The Hall–Kier alpha value is -3.95. The molecule has 0 aliphatic carbocycles.